The van der Waals surface area contributed by atoms with E-state index in [9.17, 15) is 14.4 Å². The van der Waals surface area contributed by atoms with Crippen molar-refractivity contribution in [3.05, 3.63) is 63.8 Å². The predicted octanol–water partition coefficient (Wildman–Crippen LogP) is 3.82. The summed E-state index contributed by atoms with van der Waals surface area (Å²) in [6.45, 7) is 0.316. The molecule has 1 unspecified atom stereocenters. The van der Waals surface area contributed by atoms with E-state index in [2.05, 4.69) is 10.4 Å². The lowest BCUT2D eigenvalue weighted by molar-refractivity contribution is -0.136. The number of nitrogens with one attached hydrogen (secondary N) is 1. The fraction of sp³-hybridized carbons (Fsp3) is 0.217. The molecule has 0 saturated carbocycles. The number of halogens is 2. The molecule has 2 aliphatic rings. The van der Waals surface area contributed by atoms with Gasteiger partial charge < -0.3 is 4.90 Å². The summed E-state index contributed by atoms with van der Waals surface area (Å²) < 4.78 is 1.77. The van der Waals surface area contributed by atoms with Crippen LogP contribution < -0.4 is 5.32 Å². The van der Waals surface area contributed by atoms with Crippen LogP contribution in [-0.2, 0) is 23.2 Å². The summed E-state index contributed by atoms with van der Waals surface area (Å²) in [4.78, 5) is 38.2. The van der Waals surface area contributed by atoms with E-state index in [0.29, 0.717) is 28.6 Å². The number of aryl methyl sites for hydroxylation is 1. The molecule has 1 atom stereocenters. The van der Waals surface area contributed by atoms with E-state index in [4.69, 9.17) is 23.2 Å². The smallest absolute Gasteiger partial charge is 0.255 e. The molecule has 5 rings (SSSR count). The van der Waals surface area contributed by atoms with Crippen LogP contribution in [0.2, 0.25) is 10.0 Å². The monoisotopic (exact) mass is 468 g/mol. The lowest BCUT2D eigenvalue weighted by Gasteiger charge is -2.29. The number of carbonyl (C=O) groups is 3. The fourth-order valence-corrected chi connectivity index (χ4v) is 4.67. The Hall–Kier alpha value is -3.16. The molecule has 1 fully saturated rings. The normalized spacial score (nSPS) is 18.2. The van der Waals surface area contributed by atoms with Crippen LogP contribution in [0.1, 0.15) is 28.8 Å². The number of aromatic nitrogens is 2. The average molecular weight is 469 g/mol. The minimum Gasteiger partial charge on any atom is -0.322 e. The van der Waals surface area contributed by atoms with Crippen molar-refractivity contribution >= 4 is 40.9 Å². The van der Waals surface area contributed by atoms with Gasteiger partial charge in [-0.2, -0.15) is 5.10 Å². The van der Waals surface area contributed by atoms with Gasteiger partial charge in [0.15, 0.2) is 0 Å². The first kappa shape index (κ1) is 20.7. The van der Waals surface area contributed by atoms with Gasteiger partial charge in [0.2, 0.25) is 11.8 Å². The number of hydrogen-bond donors (Lipinski definition) is 1. The summed E-state index contributed by atoms with van der Waals surface area (Å²) in [5, 5.41) is 7.67. The molecule has 2 aromatic carbocycles. The molecule has 162 valence electrons. The number of imide groups is 1. The Morgan fingerprint density at radius 3 is 2.53 bits per heavy atom. The Morgan fingerprint density at radius 2 is 1.78 bits per heavy atom. The summed E-state index contributed by atoms with van der Waals surface area (Å²) in [7, 11) is 1.85. The predicted molar refractivity (Wildman–Crippen MR) is 120 cm³/mol. The number of nitrogens with zero attached hydrogens (tertiary/aromatic N) is 3. The molecule has 1 N–H and O–H groups in total. The van der Waals surface area contributed by atoms with E-state index in [-0.39, 0.29) is 18.2 Å². The Balaban J connectivity index is 1.50. The largest absolute Gasteiger partial charge is 0.322 e. The van der Waals surface area contributed by atoms with Crippen LogP contribution in [0.3, 0.4) is 0 Å². The highest BCUT2D eigenvalue weighted by Gasteiger charge is 2.39. The Labute approximate surface area is 193 Å². The number of hydrogen-bond acceptors (Lipinski definition) is 4. The molecule has 0 radical (unpaired) electrons. The van der Waals surface area contributed by atoms with Gasteiger partial charge in [-0.3, -0.25) is 24.4 Å². The van der Waals surface area contributed by atoms with Crippen molar-refractivity contribution < 1.29 is 14.4 Å². The van der Waals surface area contributed by atoms with E-state index < -0.39 is 11.9 Å². The van der Waals surface area contributed by atoms with Gasteiger partial charge in [-0.1, -0.05) is 35.3 Å². The standard InChI is InChI=1S/C23H18Cl2N4O3/c1-28-21(13-3-5-17(24)18(25)9-13)16(10-26-28)12-2-4-15-14(8-12)11-29(23(15)32)19-6-7-20(30)27-22(19)31/h2-5,8-10,19H,6-7,11H2,1H3,(H,27,30,31). The number of carbonyl (C=O) groups excluding carboxylic acids is 3. The van der Waals surface area contributed by atoms with Crippen molar-refractivity contribution in [2.24, 2.45) is 7.05 Å². The van der Waals surface area contributed by atoms with Gasteiger partial charge in [-0.15, -0.1) is 0 Å². The SMILES string of the molecule is Cn1ncc(-c2ccc3c(c2)CN(C2CCC(=O)NC2=O)C3=O)c1-c1ccc(Cl)c(Cl)c1. The molecule has 0 spiro atoms. The molecule has 1 saturated heterocycles. The quantitative estimate of drug-likeness (QED) is 0.592. The van der Waals surface area contributed by atoms with Crippen molar-refractivity contribution in [2.75, 3.05) is 0 Å². The Kier molecular flexibility index (Phi) is 5.03. The second-order valence-corrected chi connectivity index (χ2v) is 8.75. The van der Waals surface area contributed by atoms with E-state index in [0.717, 1.165) is 27.9 Å². The molecule has 3 amide bonds. The van der Waals surface area contributed by atoms with Crippen molar-refractivity contribution in [3.8, 4) is 22.4 Å². The third kappa shape index (κ3) is 3.38. The molecule has 7 nitrogen and oxygen atoms in total. The lowest BCUT2D eigenvalue weighted by atomic mass is 9.98. The van der Waals surface area contributed by atoms with E-state index in [1.54, 1.807) is 34.0 Å². The molecule has 2 aliphatic heterocycles. The van der Waals surface area contributed by atoms with Gasteiger partial charge in [0.25, 0.3) is 5.91 Å². The van der Waals surface area contributed by atoms with Gasteiger partial charge in [-0.25, -0.2) is 0 Å². The van der Waals surface area contributed by atoms with Gasteiger partial charge >= 0.3 is 0 Å². The molecule has 32 heavy (non-hydrogen) atoms. The third-order valence-electron chi connectivity index (χ3n) is 5.97. The fourth-order valence-electron chi connectivity index (χ4n) is 4.38. The van der Waals surface area contributed by atoms with Crippen molar-refractivity contribution in [1.82, 2.24) is 20.0 Å². The Bertz CT molecular complexity index is 1300. The highest BCUT2D eigenvalue weighted by atomic mass is 35.5. The number of amides is 3. The third-order valence-corrected chi connectivity index (χ3v) is 6.71. The highest BCUT2D eigenvalue weighted by molar-refractivity contribution is 6.42. The second kappa shape index (κ2) is 7.76. The van der Waals surface area contributed by atoms with Gasteiger partial charge in [0.05, 0.1) is 21.9 Å². The molecule has 1 aromatic heterocycles. The lowest BCUT2D eigenvalue weighted by Crippen LogP contribution is -2.52. The first-order valence-corrected chi connectivity index (χ1v) is 10.8. The topological polar surface area (TPSA) is 84.3 Å². The van der Waals surface area contributed by atoms with E-state index in [1.807, 2.05) is 25.2 Å². The van der Waals surface area contributed by atoms with Crippen LogP contribution in [-0.4, -0.2) is 38.4 Å². The van der Waals surface area contributed by atoms with Crippen LogP contribution in [0.5, 0.6) is 0 Å². The summed E-state index contributed by atoms with van der Waals surface area (Å²) in [6.07, 6.45) is 2.33. The maximum absolute atomic E-state index is 13.0. The molecular weight excluding hydrogens is 451 g/mol. The summed E-state index contributed by atoms with van der Waals surface area (Å²) >= 11 is 12.3. The van der Waals surface area contributed by atoms with Gasteiger partial charge in [0.1, 0.15) is 6.04 Å². The summed E-state index contributed by atoms with van der Waals surface area (Å²) in [5.74, 6) is -0.919. The molecule has 3 aromatic rings. The van der Waals surface area contributed by atoms with Gasteiger partial charge in [-0.05, 0) is 41.8 Å². The molecule has 3 heterocycles. The van der Waals surface area contributed by atoms with E-state index in [1.165, 1.54) is 0 Å². The first-order chi connectivity index (χ1) is 15.3. The number of rotatable bonds is 3. The first-order valence-electron chi connectivity index (χ1n) is 10.1. The number of piperidine rings is 1. The van der Waals surface area contributed by atoms with Crippen LogP contribution >= 0.6 is 23.2 Å². The van der Waals surface area contributed by atoms with Crippen LogP contribution in [0.4, 0.5) is 0 Å². The maximum atomic E-state index is 13.0. The zero-order chi connectivity index (χ0) is 22.6. The van der Waals surface area contributed by atoms with Gasteiger partial charge in [0, 0.05) is 36.7 Å². The zero-order valence-electron chi connectivity index (χ0n) is 17.1. The summed E-state index contributed by atoms with van der Waals surface area (Å²) in [6, 6.07) is 10.4. The highest BCUT2D eigenvalue weighted by Crippen LogP contribution is 2.37. The molecule has 0 bridgehead atoms. The minimum absolute atomic E-state index is 0.197. The minimum atomic E-state index is -0.638. The Morgan fingerprint density at radius 1 is 1.00 bits per heavy atom. The molecule has 9 heteroatoms. The zero-order valence-corrected chi connectivity index (χ0v) is 18.6. The van der Waals surface area contributed by atoms with Crippen molar-refractivity contribution in [1.29, 1.82) is 0 Å². The van der Waals surface area contributed by atoms with Crippen LogP contribution in [0.25, 0.3) is 22.4 Å². The average Bonchev–Trinajstić information content (AvgIpc) is 3.30. The number of benzene rings is 2. The maximum Gasteiger partial charge on any atom is 0.255 e. The molecular formula is C23H18Cl2N4O3. The van der Waals surface area contributed by atoms with Crippen LogP contribution in [0, 0.1) is 0 Å². The van der Waals surface area contributed by atoms with Crippen LogP contribution in [0.15, 0.2) is 42.6 Å². The van der Waals surface area contributed by atoms with Crippen molar-refractivity contribution in [3.63, 3.8) is 0 Å². The van der Waals surface area contributed by atoms with E-state index >= 15 is 0 Å². The van der Waals surface area contributed by atoms with Crippen molar-refractivity contribution in [2.45, 2.75) is 25.4 Å². The molecule has 0 aliphatic carbocycles. The summed E-state index contributed by atoms with van der Waals surface area (Å²) in [5.41, 5.74) is 4.93. The second-order valence-electron chi connectivity index (χ2n) is 7.93. The number of fused-ring (bicyclic) bond motifs is 1.